The number of nitrogens with one attached hydrogen (secondary N) is 1. The summed E-state index contributed by atoms with van der Waals surface area (Å²) in [4.78, 5) is 10.9. The lowest BCUT2D eigenvalue weighted by Crippen LogP contribution is -2.27. The van der Waals surface area contributed by atoms with Gasteiger partial charge in [0, 0.05) is 18.4 Å². The molecular weight excluding hydrogens is 250 g/mol. The predicted octanol–water partition coefficient (Wildman–Crippen LogP) is 2.10. The Morgan fingerprint density at radius 1 is 1.30 bits per heavy atom. The highest BCUT2D eigenvalue weighted by atomic mass is 15.2. The molecule has 20 heavy (non-hydrogen) atoms. The first-order valence-corrected chi connectivity index (χ1v) is 6.58. The van der Waals surface area contributed by atoms with E-state index in [0.717, 1.165) is 23.8 Å². The van der Waals surface area contributed by atoms with E-state index < -0.39 is 0 Å². The van der Waals surface area contributed by atoms with Crippen LogP contribution in [0.3, 0.4) is 0 Å². The quantitative estimate of drug-likeness (QED) is 0.643. The van der Waals surface area contributed by atoms with Crippen LogP contribution in [-0.2, 0) is 6.54 Å². The van der Waals surface area contributed by atoms with E-state index in [0.29, 0.717) is 12.1 Å². The molecule has 0 spiro atoms. The molecular formula is C15H19N5. The Hall–Kier alpha value is -2.43. The fourth-order valence-electron chi connectivity index (χ4n) is 2.08. The van der Waals surface area contributed by atoms with E-state index >= 15 is 0 Å². The van der Waals surface area contributed by atoms with Crippen molar-refractivity contribution >= 4 is 11.7 Å². The summed E-state index contributed by atoms with van der Waals surface area (Å²) in [6, 6.07) is 9.57. The number of hydrogen-bond donors (Lipinski definition) is 2. The van der Waals surface area contributed by atoms with Crippen molar-refractivity contribution < 1.29 is 0 Å². The largest absolute Gasteiger partial charge is 0.384 e. The number of aryl methyl sites for hydroxylation is 1. The van der Waals surface area contributed by atoms with Gasteiger partial charge in [0.05, 0.1) is 17.8 Å². The summed E-state index contributed by atoms with van der Waals surface area (Å²) < 4.78 is 0. The fraction of sp³-hybridized carbons (Fsp3) is 0.267. The van der Waals surface area contributed by atoms with Crippen molar-refractivity contribution in [2.45, 2.75) is 20.4 Å². The zero-order valence-electron chi connectivity index (χ0n) is 11.8. The van der Waals surface area contributed by atoms with Gasteiger partial charge in [-0.25, -0.2) is 4.98 Å². The highest BCUT2D eigenvalue weighted by Crippen LogP contribution is 2.18. The van der Waals surface area contributed by atoms with E-state index in [1.165, 1.54) is 0 Å². The lowest BCUT2D eigenvalue weighted by atomic mass is 10.2. The Morgan fingerprint density at radius 3 is 2.75 bits per heavy atom. The average Bonchev–Trinajstić information content (AvgIpc) is 2.45. The first-order valence-electron chi connectivity index (χ1n) is 6.58. The summed E-state index contributed by atoms with van der Waals surface area (Å²) in [5.41, 5.74) is 8.25. The summed E-state index contributed by atoms with van der Waals surface area (Å²) in [7, 11) is 0. The summed E-state index contributed by atoms with van der Waals surface area (Å²) in [5, 5.41) is 7.65. The van der Waals surface area contributed by atoms with Crippen molar-refractivity contribution in [1.82, 2.24) is 9.97 Å². The Labute approximate surface area is 119 Å². The Morgan fingerprint density at radius 2 is 2.10 bits per heavy atom. The molecule has 0 aliphatic rings. The molecule has 0 fully saturated rings. The number of rotatable bonds is 5. The zero-order valence-corrected chi connectivity index (χ0v) is 11.8. The van der Waals surface area contributed by atoms with Crippen LogP contribution in [0.25, 0.3) is 0 Å². The molecule has 0 atom stereocenters. The van der Waals surface area contributed by atoms with Gasteiger partial charge in [0.1, 0.15) is 11.7 Å². The van der Waals surface area contributed by atoms with E-state index in [4.69, 9.17) is 11.1 Å². The van der Waals surface area contributed by atoms with Gasteiger partial charge in [0.15, 0.2) is 0 Å². The van der Waals surface area contributed by atoms with Crippen LogP contribution in [0.5, 0.6) is 0 Å². The number of nitrogens with two attached hydrogens (primary N) is 1. The first kappa shape index (κ1) is 14.0. The molecule has 0 bridgehead atoms. The number of hydrogen-bond acceptors (Lipinski definition) is 4. The lowest BCUT2D eigenvalue weighted by molar-refractivity contribution is 0.789. The van der Waals surface area contributed by atoms with Gasteiger partial charge in [-0.3, -0.25) is 10.4 Å². The van der Waals surface area contributed by atoms with Gasteiger partial charge in [-0.15, -0.1) is 0 Å². The van der Waals surface area contributed by atoms with E-state index in [-0.39, 0.29) is 5.84 Å². The minimum Gasteiger partial charge on any atom is -0.384 e. The van der Waals surface area contributed by atoms with Crippen LogP contribution in [0.2, 0.25) is 0 Å². The molecule has 104 valence electrons. The van der Waals surface area contributed by atoms with Crippen LogP contribution < -0.4 is 10.6 Å². The summed E-state index contributed by atoms with van der Waals surface area (Å²) in [6.45, 7) is 5.44. The van der Waals surface area contributed by atoms with Crippen LogP contribution in [0, 0.1) is 12.3 Å². The van der Waals surface area contributed by atoms with Crippen molar-refractivity contribution in [2.75, 3.05) is 11.4 Å². The lowest BCUT2D eigenvalue weighted by Gasteiger charge is -2.23. The second kappa shape index (κ2) is 6.14. The average molecular weight is 269 g/mol. The van der Waals surface area contributed by atoms with Gasteiger partial charge in [-0.1, -0.05) is 6.07 Å². The van der Waals surface area contributed by atoms with Crippen molar-refractivity contribution in [3.63, 3.8) is 0 Å². The van der Waals surface area contributed by atoms with E-state index in [1.54, 1.807) is 12.3 Å². The highest BCUT2D eigenvalue weighted by Gasteiger charge is 2.13. The summed E-state index contributed by atoms with van der Waals surface area (Å²) in [5.74, 6) is 0.759. The maximum absolute atomic E-state index is 7.65. The number of amidine groups is 1. The molecule has 2 aromatic rings. The second-order valence-electron chi connectivity index (χ2n) is 4.57. The number of nitrogen functional groups attached to an aromatic ring is 1. The molecule has 0 aromatic carbocycles. The molecule has 0 saturated heterocycles. The Kier molecular flexibility index (Phi) is 4.30. The second-order valence-corrected chi connectivity index (χ2v) is 4.57. The fourth-order valence-corrected chi connectivity index (χ4v) is 2.08. The standard InChI is InChI=1S/C15H19N5/c1-3-20(10-12-7-4-6-11(2)19-12)15-13(14(16)17)8-5-9-18-15/h4-9H,3,10H2,1-2H3,(H3,16,17). The van der Waals surface area contributed by atoms with Gasteiger partial charge < -0.3 is 10.6 Å². The third kappa shape index (κ3) is 3.12. The maximum atomic E-state index is 7.65. The number of pyridine rings is 2. The number of aromatic nitrogens is 2. The molecule has 0 saturated carbocycles. The third-order valence-corrected chi connectivity index (χ3v) is 3.06. The molecule has 0 radical (unpaired) electrons. The van der Waals surface area contributed by atoms with Crippen LogP contribution in [0.4, 0.5) is 5.82 Å². The minimum absolute atomic E-state index is 0.0313. The normalized spacial score (nSPS) is 10.3. The molecule has 0 aliphatic heterocycles. The Bertz CT molecular complexity index is 609. The van der Waals surface area contributed by atoms with Crippen LogP contribution in [0.15, 0.2) is 36.5 Å². The van der Waals surface area contributed by atoms with Gasteiger partial charge in [0.2, 0.25) is 0 Å². The molecule has 3 N–H and O–H groups in total. The maximum Gasteiger partial charge on any atom is 0.139 e. The van der Waals surface area contributed by atoms with E-state index in [9.17, 15) is 0 Å². The minimum atomic E-state index is 0.0313. The number of anilines is 1. The first-order chi connectivity index (χ1) is 9.61. The smallest absolute Gasteiger partial charge is 0.139 e. The SMILES string of the molecule is CCN(Cc1cccc(C)n1)c1ncccc1C(=N)N. The van der Waals surface area contributed by atoms with Crippen LogP contribution >= 0.6 is 0 Å². The number of nitrogens with zero attached hydrogens (tertiary/aromatic N) is 3. The van der Waals surface area contributed by atoms with Crippen LogP contribution in [0.1, 0.15) is 23.9 Å². The van der Waals surface area contributed by atoms with Gasteiger partial charge in [-0.05, 0) is 38.1 Å². The molecule has 2 rings (SSSR count). The zero-order chi connectivity index (χ0) is 14.5. The van der Waals surface area contributed by atoms with Crippen molar-refractivity contribution in [2.24, 2.45) is 5.73 Å². The molecule has 0 aliphatic carbocycles. The molecule has 5 nitrogen and oxygen atoms in total. The van der Waals surface area contributed by atoms with Crippen molar-refractivity contribution in [3.05, 3.63) is 53.5 Å². The van der Waals surface area contributed by atoms with E-state index in [1.807, 2.05) is 38.1 Å². The topological polar surface area (TPSA) is 78.9 Å². The summed E-state index contributed by atoms with van der Waals surface area (Å²) in [6.07, 6.45) is 1.72. The Balaban J connectivity index is 2.31. The summed E-state index contributed by atoms with van der Waals surface area (Å²) >= 11 is 0. The van der Waals surface area contributed by atoms with Gasteiger partial charge in [0.25, 0.3) is 0 Å². The molecule has 0 amide bonds. The molecule has 5 heteroatoms. The molecule has 2 aromatic heterocycles. The van der Waals surface area contributed by atoms with Crippen molar-refractivity contribution in [1.29, 1.82) is 5.41 Å². The molecule has 0 unspecified atom stereocenters. The molecule has 2 heterocycles. The van der Waals surface area contributed by atoms with Gasteiger partial charge in [-0.2, -0.15) is 0 Å². The highest BCUT2D eigenvalue weighted by molar-refractivity contribution is 5.99. The van der Waals surface area contributed by atoms with Crippen molar-refractivity contribution in [3.8, 4) is 0 Å². The third-order valence-electron chi connectivity index (χ3n) is 3.06. The van der Waals surface area contributed by atoms with Gasteiger partial charge >= 0.3 is 0 Å². The van der Waals surface area contributed by atoms with E-state index in [2.05, 4.69) is 14.9 Å². The predicted molar refractivity (Wildman–Crippen MR) is 81.0 cm³/mol. The van der Waals surface area contributed by atoms with Crippen LogP contribution in [-0.4, -0.2) is 22.3 Å². The monoisotopic (exact) mass is 269 g/mol.